The van der Waals surface area contributed by atoms with E-state index in [-0.39, 0.29) is 0 Å². The molecule has 0 unspecified atom stereocenters. The Hall–Kier alpha value is -0.730. The minimum Gasteiger partial charge on any atom is -0.497 e. The SMILES string of the molecule is COc1cccc(COCCCCCl)c1. The fourth-order valence-electron chi connectivity index (χ4n) is 1.25. The first-order valence-corrected chi connectivity index (χ1v) is 5.67. The van der Waals surface area contributed by atoms with Gasteiger partial charge in [0.25, 0.3) is 0 Å². The standard InChI is InChI=1S/C12H17ClO2/c1-14-12-6-4-5-11(9-12)10-15-8-3-2-7-13/h4-6,9H,2-3,7-8,10H2,1H3. The summed E-state index contributed by atoms with van der Waals surface area (Å²) in [5.41, 5.74) is 1.14. The zero-order valence-electron chi connectivity index (χ0n) is 9.04. The van der Waals surface area contributed by atoms with E-state index in [2.05, 4.69) is 0 Å². The van der Waals surface area contributed by atoms with Crippen molar-refractivity contribution in [2.24, 2.45) is 0 Å². The molecular weight excluding hydrogens is 212 g/mol. The molecule has 1 aromatic carbocycles. The van der Waals surface area contributed by atoms with E-state index in [0.717, 1.165) is 30.8 Å². The van der Waals surface area contributed by atoms with Gasteiger partial charge in [0.05, 0.1) is 13.7 Å². The zero-order chi connectivity index (χ0) is 10.9. The van der Waals surface area contributed by atoms with E-state index in [1.807, 2.05) is 24.3 Å². The second-order valence-corrected chi connectivity index (χ2v) is 3.68. The molecule has 0 aromatic heterocycles. The predicted octanol–water partition coefficient (Wildman–Crippen LogP) is 3.23. The van der Waals surface area contributed by atoms with Gasteiger partial charge in [-0.1, -0.05) is 12.1 Å². The summed E-state index contributed by atoms with van der Waals surface area (Å²) in [6.45, 7) is 1.41. The Balaban J connectivity index is 2.24. The molecule has 2 nitrogen and oxygen atoms in total. The molecule has 0 radical (unpaired) electrons. The van der Waals surface area contributed by atoms with E-state index in [9.17, 15) is 0 Å². The summed E-state index contributed by atoms with van der Waals surface area (Å²) in [6.07, 6.45) is 2.03. The van der Waals surface area contributed by atoms with Gasteiger partial charge < -0.3 is 9.47 Å². The van der Waals surface area contributed by atoms with Crippen LogP contribution in [-0.2, 0) is 11.3 Å². The number of unbranched alkanes of at least 4 members (excludes halogenated alkanes) is 1. The molecule has 3 heteroatoms. The average Bonchev–Trinajstić information content (AvgIpc) is 2.29. The highest BCUT2D eigenvalue weighted by atomic mass is 35.5. The van der Waals surface area contributed by atoms with Gasteiger partial charge >= 0.3 is 0 Å². The maximum Gasteiger partial charge on any atom is 0.119 e. The van der Waals surface area contributed by atoms with E-state index in [4.69, 9.17) is 21.1 Å². The monoisotopic (exact) mass is 228 g/mol. The van der Waals surface area contributed by atoms with Crippen molar-refractivity contribution in [3.05, 3.63) is 29.8 Å². The van der Waals surface area contributed by atoms with Crippen LogP contribution >= 0.6 is 11.6 Å². The molecule has 0 atom stereocenters. The Kier molecular flexibility index (Phi) is 6.21. The van der Waals surface area contributed by atoms with Gasteiger partial charge in [0.2, 0.25) is 0 Å². The van der Waals surface area contributed by atoms with Gasteiger partial charge in [-0.15, -0.1) is 11.6 Å². The Bertz CT molecular complexity index is 276. The average molecular weight is 229 g/mol. The van der Waals surface area contributed by atoms with E-state index >= 15 is 0 Å². The number of ether oxygens (including phenoxy) is 2. The Labute approximate surface area is 96.2 Å². The maximum atomic E-state index is 5.56. The molecule has 0 N–H and O–H groups in total. The minimum absolute atomic E-state index is 0.638. The third kappa shape index (κ3) is 5.05. The lowest BCUT2D eigenvalue weighted by Crippen LogP contribution is -1.96. The van der Waals surface area contributed by atoms with Crippen LogP contribution in [0.2, 0.25) is 0 Å². The summed E-state index contributed by atoms with van der Waals surface area (Å²) >= 11 is 5.56. The number of alkyl halides is 1. The summed E-state index contributed by atoms with van der Waals surface area (Å²) in [5.74, 6) is 1.58. The highest BCUT2D eigenvalue weighted by Gasteiger charge is 1.95. The van der Waals surface area contributed by atoms with E-state index in [1.54, 1.807) is 7.11 Å². The van der Waals surface area contributed by atoms with Gasteiger partial charge in [0.1, 0.15) is 5.75 Å². The highest BCUT2D eigenvalue weighted by molar-refractivity contribution is 6.17. The third-order valence-electron chi connectivity index (χ3n) is 2.08. The lowest BCUT2D eigenvalue weighted by molar-refractivity contribution is 0.118. The molecule has 0 saturated heterocycles. The lowest BCUT2D eigenvalue weighted by Gasteiger charge is -2.05. The molecule has 84 valence electrons. The van der Waals surface area contributed by atoms with Crippen molar-refractivity contribution in [3.63, 3.8) is 0 Å². The lowest BCUT2D eigenvalue weighted by atomic mass is 10.2. The Morgan fingerprint density at radius 2 is 2.13 bits per heavy atom. The summed E-state index contributed by atoms with van der Waals surface area (Å²) in [5, 5.41) is 0. The van der Waals surface area contributed by atoms with E-state index in [1.165, 1.54) is 0 Å². The molecule has 15 heavy (non-hydrogen) atoms. The second-order valence-electron chi connectivity index (χ2n) is 3.30. The first-order valence-electron chi connectivity index (χ1n) is 5.13. The summed E-state index contributed by atoms with van der Waals surface area (Å²) in [7, 11) is 1.67. The van der Waals surface area contributed by atoms with Crippen LogP contribution < -0.4 is 4.74 Å². The van der Waals surface area contributed by atoms with Crippen molar-refractivity contribution in [1.82, 2.24) is 0 Å². The molecule has 1 aromatic rings. The Morgan fingerprint density at radius 1 is 1.27 bits per heavy atom. The quantitative estimate of drug-likeness (QED) is 0.527. The first kappa shape index (κ1) is 12.3. The van der Waals surface area contributed by atoms with Crippen molar-refractivity contribution >= 4 is 11.6 Å². The molecule has 0 aliphatic rings. The van der Waals surface area contributed by atoms with E-state index < -0.39 is 0 Å². The third-order valence-corrected chi connectivity index (χ3v) is 2.34. The molecule has 0 spiro atoms. The van der Waals surface area contributed by atoms with Crippen molar-refractivity contribution in [3.8, 4) is 5.75 Å². The molecule has 0 bridgehead atoms. The number of hydrogen-bond acceptors (Lipinski definition) is 2. The van der Waals surface area contributed by atoms with Crippen LogP contribution in [0.4, 0.5) is 0 Å². The number of halogens is 1. The highest BCUT2D eigenvalue weighted by Crippen LogP contribution is 2.13. The van der Waals surface area contributed by atoms with Crippen LogP contribution in [0.1, 0.15) is 18.4 Å². The molecule has 0 aliphatic heterocycles. The van der Waals surface area contributed by atoms with E-state index in [0.29, 0.717) is 12.5 Å². The number of hydrogen-bond donors (Lipinski definition) is 0. The zero-order valence-corrected chi connectivity index (χ0v) is 9.80. The van der Waals surface area contributed by atoms with Crippen LogP contribution in [0, 0.1) is 0 Å². The Morgan fingerprint density at radius 3 is 2.87 bits per heavy atom. The number of methoxy groups -OCH3 is 1. The van der Waals surface area contributed by atoms with Crippen LogP contribution in [0.3, 0.4) is 0 Å². The van der Waals surface area contributed by atoms with Gasteiger partial charge in [-0.25, -0.2) is 0 Å². The molecule has 0 saturated carbocycles. The maximum absolute atomic E-state index is 5.56. The fraction of sp³-hybridized carbons (Fsp3) is 0.500. The van der Waals surface area contributed by atoms with Gasteiger partial charge in [-0.05, 0) is 30.5 Å². The normalized spacial score (nSPS) is 10.3. The smallest absolute Gasteiger partial charge is 0.119 e. The summed E-state index contributed by atoms with van der Waals surface area (Å²) in [6, 6.07) is 7.92. The molecule has 0 aliphatic carbocycles. The van der Waals surface area contributed by atoms with Crippen LogP contribution in [0.5, 0.6) is 5.75 Å². The van der Waals surface area contributed by atoms with Crippen LogP contribution in [0.25, 0.3) is 0 Å². The summed E-state index contributed by atoms with van der Waals surface area (Å²) < 4.78 is 10.6. The predicted molar refractivity (Wildman–Crippen MR) is 62.6 cm³/mol. The van der Waals surface area contributed by atoms with Gasteiger partial charge in [-0.2, -0.15) is 0 Å². The largest absolute Gasteiger partial charge is 0.497 e. The van der Waals surface area contributed by atoms with Gasteiger partial charge in [0.15, 0.2) is 0 Å². The minimum atomic E-state index is 0.638. The molecular formula is C12H17ClO2. The van der Waals surface area contributed by atoms with Gasteiger partial charge in [0, 0.05) is 12.5 Å². The van der Waals surface area contributed by atoms with Crippen molar-refractivity contribution in [1.29, 1.82) is 0 Å². The van der Waals surface area contributed by atoms with Gasteiger partial charge in [-0.3, -0.25) is 0 Å². The van der Waals surface area contributed by atoms with Crippen LogP contribution in [0.15, 0.2) is 24.3 Å². The molecule has 0 heterocycles. The first-order chi connectivity index (χ1) is 7.36. The second kappa shape index (κ2) is 7.55. The van der Waals surface area contributed by atoms with Crippen LogP contribution in [-0.4, -0.2) is 19.6 Å². The number of benzene rings is 1. The molecule has 0 amide bonds. The molecule has 0 fully saturated rings. The van der Waals surface area contributed by atoms with Crippen molar-refractivity contribution in [2.75, 3.05) is 19.6 Å². The van der Waals surface area contributed by atoms with Crippen molar-refractivity contribution in [2.45, 2.75) is 19.4 Å². The summed E-state index contributed by atoms with van der Waals surface area (Å²) in [4.78, 5) is 0. The fourth-order valence-corrected chi connectivity index (χ4v) is 1.44. The molecule has 1 rings (SSSR count). The number of rotatable bonds is 7. The topological polar surface area (TPSA) is 18.5 Å². The van der Waals surface area contributed by atoms with Crippen molar-refractivity contribution < 1.29 is 9.47 Å².